The van der Waals surface area contributed by atoms with E-state index >= 15 is 0 Å². The fourth-order valence-corrected chi connectivity index (χ4v) is 1.96. The molecule has 21 heavy (non-hydrogen) atoms. The molecule has 0 fully saturated rings. The Morgan fingerprint density at radius 3 is 2.71 bits per heavy atom. The molecule has 1 amide bonds. The maximum absolute atomic E-state index is 11.7. The molecule has 5 heteroatoms. The van der Waals surface area contributed by atoms with Gasteiger partial charge in [0.05, 0.1) is 6.61 Å². The molecule has 3 N–H and O–H groups in total. The summed E-state index contributed by atoms with van der Waals surface area (Å²) in [7, 11) is 0. The van der Waals surface area contributed by atoms with Crippen LogP contribution in [-0.2, 0) is 11.2 Å². The first kappa shape index (κ1) is 17.3. The van der Waals surface area contributed by atoms with E-state index in [1.165, 1.54) is 0 Å². The number of amides is 1. The molecule has 0 aromatic heterocycles. The van der Waals surface area contributed by atoms with Gasteiger partial charge in [-0.2, -0.15) is 0 Å². The molecule has 1 aromatic carbocycles. The van der Waals surface area contributed by atoms with Crippen molar-refractivity contribution < 1.29 is 14.3 Å². The van der Waals surface area contributed by atoms with Crippen LogP contribution in [0.5, 0.6) is 11.5 Å². The summed E-state index contributed by atoms with van der Waals surface area (Å²) >= 11 is 0. The minimum absolute atomic E-state index is 0.0122. The van der Waals surface area contributed by atoms with Gasteiger partial charge in [-0.05, 0) is 38.3 Å². The molecule has 1 atom stereocenters. The molecular formula is C16H26N2O3. The molecule has 0 saturated carbocycles. The molecule has 0 heterocycles. The Labute approximate surface area is 126 Å². The van der Waals surface area contributed by atoms with E-state index in [0.29, 0.717) is 31.1 Å². The highest BCUT2D eigenvalue weighted by atomic mass is 16.5. The number of hydrogen-bond donors (Lipinski definition) is 2. The van der Waals surface area contributed by atoms with Crippen LogP contribution in [0.3, 0.4) is 0 Å². The Hall–Kier alpha value is -1.75. The number of carbonyl (C=O) groups excluding carboxylic acids is 1. The number of nitrogens with one attached hydrogen (secondary N) is 1. The van der Waals surface area contributed by atoms with E-state index in [1.54, 1.807) is 0 Å². The first-order valence-corrected chi connectivity index (χ1v) is 7.48. The molecule has 1 unspecified atom stereocenters. The van der Waals surface area contributed by atoms with Gasteiger partial charge in [-0.3, -0.25) is 4.79 Å². The SMILES string of the molecule is CCCNC(=O)COc1c(CC(C)N)cccc1OCC. The van der Waals surface area contributed by atoms with Gasteiger partial charge in [0, 0.05) is 12.6 Å². The lowest BCUT2D eigenvalue weighted by molar-refractivity contribution is -0.123. The lowest BCUT2D eigenvalue weighted by atomic mass is 10.1. The van der Waals surface area contributed by atoms with E-state index in [0.717, 1.165) is 12.0 Å². The molecule has 0 aliphatic carbocycles. The Balaban J connectivity index is 2.82. The number of rotatable bonds is 9. The van der Waals surface area contributed by atoms with E-state index in [4.69, 9.17) is 15.2 Å². The topological polar surface area (TPSA) is 73.6 Å². The third-order valence-corrected chi connectivity index (χ3v) is 2.82. The highest BCUT2D eigenvalue weighted by Crippen LogP contribution is 2.32. The van der Waals surface area contributed by atoms with Crippen LogP contribution in [0, 0.1) is 0 Å². The second-order valence-electron chi connectivity index (χ2n) is 5.00. The van der Waals surface area contributed by atoms with Crippen molar-refractivity contribution in [2.75, 3.05) is 19.8 Å². The third-order valence-electron chi connectivity index (χ3n) is 2.82. The first-order chi connectivity index (χ1) is 10.1. The molecule has 0 spiro atoms. The summed E-state index contributed by atoms with van der Waals surface area (Å²) in [4.78, 5) is 11.7. The average molecular weight is 294 g/mol. The largest absolute Gasteiger partial charge is 0.490 e. The van der Waals surface area contributed by atoms with Crippen LogP contribution in [0.4, 0.5) is 0 Å². The average Bonchev–Trinajstić information content (AvgIpc) is 2.44. The van der Waals surface area contributed by atoms with Gasteiger partial charge in [-0.15, -0.1) is 0 Å². The van der Waals surface area contributed by atoms with Crippen LogP contribution >= 0.6 is 0 Å². The number of carbonyl (C=O) groups is 1. The fraction of sp³-hybridized carbons (Fsp3) is 0.562. The summed E-state index contributed by atoms with van der Waals surface area (Å²) < 4.78 is 11.3. The van der Waals surface area contributed by atoms with Gasteiger partial charge in [0.1, 0.15) is 0 Å². The van der Waals surface area contributed by atoms with E-state index in [1.807, 2.05) is 39.0 Å². The Kier molecular flexibility index (Phi) is 7.61. The highest BCUT2D eigenvalue weighted by molar-refractivity contribution is 5.77. The molecule has 118 valence electrons. The van der Waals surface area contributed by atoms with Gasteiger partial charge in [0.2, 0.25) is 0 Å². The van der Waals surface area contributed by atoms with Crippen molar-refractivity contribution in [2.24, 2.45) is 5.73 Å². The second-order valence-corrected chi connectivity index (χ2v) is 5.00. The van der Waals surface area contributed by atoms with Crippen molar-refractivity contribution in [1.29, 1.82) is 0 Å². The van der Waals surface area contributed by atoms with Crippen molar-refractivity contribution in [2.45, 2.75) is 39.7 Å². The smallest absolute Gasteiger partial charge is 0.257 e. The van der Waals surface area contributed by atoms with Gasteiger partial charge in [0.25, 0.3) is 5.91 Å². The molecule has 0 aliphatic rings. The Morgan fingerprint density at radius 2 is 2.10 bits per heavy atom. The highest BCUT2D eigenvalue weighted by Gasteiger charge is 2.14. The maximum atomic E-state index is 11.7. The quantitative estimate of drug-likeness (QED) is 0.729. The van der Waals surface area contributed by atoms with Gasteiger partial charge in [0.15, 0.2) is 18.1 Å². The third kappa shape index (κ3) is 6.04. The van der Waals surface area contributed by atoms with Crippen molar-refractivity contribution >= 4 is 5.91 Å². The van der Waals surface area contributed by atoms with Crippen molar-refractivity contribution in [3.05, 3.63) is 23.8 Å². The Morgan fingerprint density at radius 1 is 1.33 bits per heavy atom. The minimum atomic E-state index is -0.130. The molecule has 1 aromatic rings. The van der Waals surface area contributed by atoms with Gasteiger partial charge in [-0.1, -0.05) is 19.1 Å². The summed E-state index contributed by atoms with van der Waals surface area (Å²) in [6.45, 7) is 7.03. The fourth-order valence-electron chi connectivity index (χ4n) is 1.96. The van der Waals surface area contributed by atoms with Crippen LogP contribution in [0.25, 0.3) is 0 Å². The summed E-state index contributed by atoms with van der Waals surface area (Å²) in [6.07, 6.45) is 1.57. The standard InChI is InChI=1S/C16H26N2O3/c1-4-9-18-15(19)11-21-16-13(10-12(3)17)7-6-8-14(16)20-5-2/h6-8,12H,4-5,9-11,17H2,1-3H3,(H,18,19). The van der Waals surface area contributed by atoms with Crippen molar-refractivity contribution in [1.82, 2.24) is 5.32 Å². The number of hydrogen-bond acceptors (Lipinski definition) is 4. The van der Waals surface area contributed by atoms with Gasteiger partial charge < -0.3 is 20.5 Å². The molecule has 0 aliphatic heterocycles. The van der Waals surface area contributed by atoms with Crippen LogP contribution in [0.1, 0.15) is 32.8 Å². The summed E-state index contributed by atoms with van der Waals surface area (Å²) in [5, 5.41) is 2.78. The minimum Gasteiger partial charge on any atom is -0.490 e. The molecule has 0 bridgehead atoms. The normalized spacial score (nSPS) is 11.8. The zero-order valence-corrected chi connectivity index (χ0v) is 13.1. The first-order valence-electron chi connectivity index (χ1n) is 7.48. The van der Waals surface area contributed by atoms with Crippen molar-refractivity contribution in [3.8, 4) is 11.5 Å². The molecule has 1 rings (SSSR count). The summed E-state index contributed by atoms with van der Waals surface area (Å²) in [6, 6.07) is 5.71. The second kappa shape index (κ2) is 9.23. The molecule has 0 radical (unpaired) electrons. The Bertz CT molecular complexity index is 447. The molecular weight excluding hydrogens is 268 g/mol. The predicted molar refractivity (Wildman–Crippen MR) is 83.8 cm³/mol. The van der Waals surface area contributed by atoms with E-state index in [2.05, 4.69) is 5.32 Å². The number of benzene rings is 1. The number of para-hydroxylation sites is 1. The van der Waals surface area contributed by atoms with Crippen LogP contribution in [0.15, 0.2) is 18.2 Å². The van der Waals surface area contributed by atoms with Gasteiger partial charge >= 0.3 is 0 Å². The van der Waals surface area contributed by atoms with Crippen molar-refractivity contribution in [3.63, 3.8) is 0 Å². The number of ether oxygens (including phenoxy) is 2. The predicted octanol–water partition coefficient (Wildman–Crippen LogP) is 1.88. The van der Waals surface area contributed by atoms with Crippen LogP contribution in [-0.4, -0.2) is 31.7 Å². The summed E-state index contributed by atoms with van der Waals surface area (Å²) in [5.41, 5.74) is 6.82. The van der Waals surface area contributed by atoms with E-state index in [9.17, 15) is 4.79 Å². The zero-order valence-electron chi connectivity index (χ0n) is 13.1. The molecule has 0 saturated heterocycles. The number of nitrogens with two attached hydrogens (primary N) is 1. The van der Waals surface area contributed by atoms with Gasteiger partial charge in [-0.25, -0.2) is 0 Å². The molecule has 5 nitrogen and oxygen atoms in total. The summed E-state index contributed by atoms with van der Waals surface area (Å²) in [5.74, 6) is 1.14. The van der Waals surface area contributed by atoms with E-state index in [-0.39, 0.29) is 18.6 Å². The van der Waals surface area contributed by atoms with E-state index < -0.39 is 0 Å². The lowest BCUT2D eigenvalue weighted by Crippen LogP contribution is -2.29. The zero-order chi connectivity index (χ0) is 15.7. The van der Waals surface area contributed by atoms with Crippen LogP contribution < -0.4 is 20.5 Å². The maximum Gasteiger partial charge on any atom is 0.257 e. The lowest BCUT2D eigenvalue weighted by Gasteiger charge is -2.17. The monoisotopic (exact) mass is 294 g/mol. The van der Waals surface area contributed by atoms with Crippen LogP contribution in [0.2, 0.25) is 0 Å².